The van der Waals surface area contributed by atoms with Crippen molar-refractivity contribution in [1.82, 2.24) is 10.2 Å². The Bertz CT molecular complexity index is 462. The second-order valence-electron chi connectivity index (χ2n) is 5.73. The lowest BCUT2D eigenvalue weighted by molar-refractivity contribution is -0.132. The second-order valence-corrected chi connectivity index (χ2v) is 7.85. The van der Waals surface area contributed by atoms with Gasteiger partial charge in [-0.3, -0.25) is 10.1 Å². The first kappa shape index (κ1) is 14.4. The molecule has 1 saturated carbocycles. The van der Waals surface area contributed by atoms with Crippen molar-refractivity contribution in [3.63, 3.8) is 0 Å². The number of carbonyl (C=O) groups is 1. The highest BCUT2D eigenvalue weighted by Crippen LogP contribution is 2.37. The van der Waals surface area contributed by atoms with E-state index in [1.807, 2.05) is 18.7 Å². The van der Waals surface area contributed by atoms with Gasteiger partial charge in [-0.1, -0.05) is 12.5 Å². The third kappa shape index (κ3) is 2.63. The molecule has 1 aliphatic heterocycles. The number of nitrogens with zero attached hydrogens (tertiary/aromatic N) is 1. The zero-order chi connectivity index (χ0) is 14.1. The van der Waals surface area contributed by atoms with E-state index < -0.39 is 0 Å². The molecule has 4 atom stereocenters. The number of nitrogens with one attached hydrogen (secondary N) is 1. The highest BCUT2D eigenvalue weighted by atomic mass is 32.2. The van der Waals surface area contributed by atoms with Gasteiger partial charge < -0.3 is 4.90 Å². The van der Waals surface area contributed by atoms with Gasteiger partial charge in [-0.2, -0.15) is 11.8 Å². The van der Waals surface area contributed by atoms with Crippen molar-refractivity contribution in [1.29, 1.82) is 0 Å². The summed E-state index contributed by atoms with van der Waals surface area (Å²) < 4.78 is 0. The molecule has 1 aromatic heterocycles. The SMILES string of the molecule is CSC1CCCC(N2C(=O)C(C)NC2c2cccs2)C1. The van der Waals surface area contributed by atoms with E-state index in [0.29, 0.717) is 11.3 Å². The summed E-state index contributed by atoms with van der Waals surface area (Å²) in [7, 11) is 0. The first-order chi connectivity index (χ1) is 9.70. The first-order valence-corrected chi connectivity index (χ1v) is 9.52. The van der Waals surface area contributed by atoms with E-state index in [-0.39, 0.29) is 18.1 Å². The summed E-state index contributed by atoms with van der Waals surface area (Å²) in [6, 6.07) is 4.55. The van der Waals surface area contributed by atoms with Crippen molar-refractivity contribution >= 4 is 29.0 Å². The maximum absolute atomic E-state index is 12.6. The smallest absolute Gasteiger partial charge is 0.241 e. The fraction of sp³-hybridized carbons (Fsp3) is 0.667. The number of amides is 1. The molecule has 2 aliphatic rings. The third-order valence-corrected chi connectivity index (χ3v) is 6.47. The highest BCUT2D eigenvalue weighted by Gasteiger charge is 2.42. The minimum absolute atomic E-state index is 0.0586. The summed E-state index contributed by atoms with van der Waals surface area (Å²) in [6.45, 7) is 1.98. The summed E-state index contributed by atoms with van der Waals surface area (Å²) in [5.74, 6) is 0.273. The Kier molecular flexibility index (Phi) is 4.38. The van der Waals surface area contributed by atoms with E-state index in [0.717, 1.165) is 12.8 Å². The normalized spacial score (nSPS) is 34.7. The lowest BCUT2D eigenvalue weighted by Gasteiger charge is -2.37. The fourth-order valence-electron chi connectivity index (χ4n) is 3.38. The molecule has 3 rings (SSSR count). The summed E-state index contributed by atoms with van der Waals surface area (Å²) in [5, 5.41) is 6.27. The number of hydrogen-bond acceptors (Lipinski definition) is 4. The van der Waals surface area contributed by atoms with E-state index in [9.17, 15) is 4.79 Å². The molecule has 0 spiro atoms. The molecule has 1 saturated heterocycles. The maximum atomic E-state index is 12.6. The van der Waals surface area contributed by atoms with Gasteiger partial charge >= 0.3 is 0 Å². The molecule has 1 amide bonds. The average molecular weight is 310 g/mol. The van der Waals surface area contributed by atoms with Crippen LogP contribution in [0.15, 0.2) is 17.5 Å². The lowest BCUT2D eigenvalue weighted by Crippen LogP contribution is -2.43. The Morgan fingerprint density at radius 3 is 3.00 bits per heavy atom. The number of thiophene rings is 1. The lowest BCUT2D eigenvalue weighted by atomic mass is 9.93. The summed E-state index contributed by atoms with van der Waals surface area (Å²) >= 11 is 3.69. The molecule has 110 valence electrons. The first-order valence-electron chi connectivity index (χ1n) is 7.35. The summed E-state index contributed by atoms with van der Waals surface area (Å²) in [4.78, 5) is 16.0. The predicted molar refractivity (Wildman–Crippen MR) is 86.1 cm³/mol. The van der Waals surface area contributed by atoms with Gasteiger partial charge in [0.05, 0.1) is 6.04 Å². The average Bonchev–Trinajstić information content (AvgIpc) is 3.08. The van der Waals surface area contributed by atoms with Gasteiger partial charge in [-0.15, -0.1) is 11.3 Å². The standard InChI is InChI=1S/C15H22N2OS2/c1-10-15(18)17(11-5-3-6-12(9-11)19-2)14(16-10)13-7-4-8-20-13/h4,7-8,10-12,14,16H,3,5-6,9H2,1-2H3. The van der Waals surface area contributed by atoms with Crippen molar-refractivity contribution < 1.29 is 4.79 Å². The molecule has 5 heteroatoms. The molecule has 0 bridgehead atoms. The van der Waals surface area contributed by atoms with Crippen LogP contribution in [0.3, 0.4) is 0 Å². The quantitative estimate of drug-likeness (QED) is 0.930. The highest BCUT2D eigenvalue weighted by molar-refractivity contribution is 7.99. The van der Waals surface area contributed by atoms with Gasteiger partial charge in [0.1, 0.15) is 6.17 Å². The van der Waals surface area contributed by atoms with Crippen molar-refractivity contribution in [2.75, 3.05) is 6.26 Å². The largest absolute Gasteiger partial charge is 0.318 e. The van der Waals surface area contributed by atoms with Crippen LogP contribution < -0.4 is 5.32 Å². The Hall–Kier alpha value is -0.520. The van der Waals surface area contributed by atoms with Crippen molar-refractivity contribution in [2.24, 2.45) is 0 Å². The van der Waals surface area contributed by atoms with Crippen molar-refractivity contribution in [2.45, 2.75) is 56.1 Å². The maximum Gasteiger partial charge on any atom is 0.241 e. The molecule has 20 heavy (non-hydrogen) atoms. The second kappa shape index (κ2) is 6.08. The van der Waals surface area contributed by atoms with Crippen LogP contribution in [0.5, 0.6) is 0 Å². The minimum atomic E-state index is -0.0586. The minimum Gasteiger partial charge on any atom is -0.318 e. The van der Waals surface area contributed by atoms with Gasteiger partial charge in [0.25, 0.3) is 0 Å². The monoisotopic (exact) mass is 310 g/mol. The van der Waals surface area contributed by atoms with E-state index in [4.69, 9.17) is 0 Å². The van der Waals surface area contributed by atoms with Gasteiger partial charge in [0.15, 0.2) is 0 Å². The van der Waals surface area contributed by atoms with Gasteiger partial charge in [-0.05, 0) is 43.9 Å². The van der Waals surface area contributed by atoms with Crippen LogP contribution in [0, 0.1) is 0 Å². The molecule has 1 N–H and O–H groups in total. The molecule has 1 aliphatic carbocycles. The Balaban J connectivity index is 1.82. The van der Waals surface area contributed by atoms with Crippen molar-refractivity contribution in [3.8, 4) is 0 Å². The molecule has 2 fully saturated rings. The zero-order valence-corrected chi connectivity index (χ0v) is 13.7. The number of hydrogen-bond donors (Lipinski definition) is 1. The van der Waals surface area contributed by atoms with E-state index >= 15 is 0 Å². The van der Waals surface area contributed by atoms with Crippen LogP contribution in [0.25, 0.3) is 0 Å². The van der Waals surface area contributed by atoms with Gasteiger partial charge in [0, 0.05) is 16.2 Å². The Morgan fingerprint density at radius 1 is 1.45 bits per heavy atom. The number of thioether (sulfide) groups is 1. The number of rotatable bonds is 3. The van der Waals surface area contributed by atoms with Crippen LogP contribution in [0.4, 0.5) is 0 Å². The van der Waals surface area contributed by atoms with Crippen LogP contribution in [0.2, 0.25) is 0 Å². The topological polar surface area (TPSA) is 32.3 Å². The Labute approximate surface area is 129 Å². The van der Waals surface area contributed by atoms with Crippen LogP contribution in [-0.2, 0) is 4.79 Å². The third-order valence-electron chi connectivity index (χ3n) is 4.45. The fourth-order valence-corrected chi connectivity index (χ4v) is 4.98. The molecule has 1 aromatic rings. The van der Waals surface area contributed by atoms with Crippen LogP contribution in [-0.4, -0.2) is 34.4 Å². The predicted octanol–water partition coefficient (Wildman–Crippen LogP) is 3.24. The van der Waals surface area contributed by atoms with Crippen LogP contribution in [0.1, 0.15) is 43.6 Å². The van der Waals surface area contributed by atoms with E-state index in [2.05, 4.69) is 34.0 Å². The van der Waals surface area contributed by atoms with Crippen LogP contribution >= 0.6 is 23.1 Å². The molecule has 3 nitrogen and oxygen atoms in total. The zero-order valence-electron chi connectivity index (χ0n) is 12.0. The summed E-state index contributed by atoms with van der Waals surface area (Å²) in [5.41, 5.74) is 0. The Morgan fingerprint density at radius 2 is 2.30 bits per heavy atom. The summed E-state index contributed by atoms with van der Waals surface area (Å²) in [6.07, 6.45) is 7.11. The van der Waals surface area contributed by atoms with Crippen molar-refractivity contribution in [3.05, 3.63) is 22.4 Å². The molecular weight excluding hydrogens is 288 g/mol. The molecule has 4 unspecified atom stereocenters. The van der Waals surface area contributed by atoms with Gasteiger partial charge in [-0.25, -0.2) is 0 Å². The van der Waals surface area contributed by atoms with Gasteiger partial charge in [0.2, 0.25) is 5.91 Å². The number of carbonyl (C=O) groups excluding carboxylic acids is 1. The van der Waals surface area contributed by atoms with E-state index in [1.54, 1.807) is 11.3 Å². The molecular formula is C15H22N2OS2. The molecule has 0 radical (unpaired) electrons. The molecule has 0 aromatic carbocycles. The van der Waals surface area contributed by atoms with E-state index in [1.165, 1.54) is 17.7 Å². The molecule has 2 heterocycles.